The van der Waals surface area contributed by atoms with Crippen LogP contribution in [0.3, 0.4) is 0 Å². The van der Waals surface area contributed by atoms with Crippen molar-refractivity contribution in [3.63, 3.8) is 0 Å². The van der Waals surface area contributed by atoms with Gasteiger partial charge >= 0.3 is 0 Å². The third kappa shape index (κ3) is 9.98. The van der Waals surface area contributed by atoms with Crippen LogP contribution in [0.5, 0.6) is 0 Å². The second-order valence-electron chi connectivity index (χ2n) is 12.5. The molecule has 0 aliphatic carbocycles. The zero-order chi connectivity index (χ0) is 29.3. The van der Waals surface area contributed by atoms with E-state index in [9.17, 15) is 0 Å². The lowest BCUT2D eigenvalue weighted by molar-refractivity contribution is 0.754. The monoisotopic (exact) mass is 528 g/mol. The molecule has 0 fully saturated rings. The molecule has 4 rings (SSSR count). The van der Waals surface area contributed by atoms with Crippen molar-refractivity contribution in [3.05, 3.63) is 82.7 Å². The summed E-state index contributed by atoms with van der Waals surface area (Å²) in [5, 5.41) is 0. The maximum Gasteiger partial charge on any atom is 0.130 e. The van der Waals surface area contributed by atoms with Crippen LogP contribution in [0.25, 0.3) is 0 Å². The zero-order valence-corrected chi connectivity index (χ0v) is 26.6. The van der Waals surface area contributed by atoms with Crippen LogP contribution in [0.15, 0.2) is 53.9 Å². The molecule has 2 aromatic heterocycles. The molecule has 0 saturated carbocycles. The molecule has 0 saturated heterocycles. The van der Waals surface area contributed by atoms with Gasteiger partial charge in [0, 0.05) is 42.3 Å². The van der Waals surface area contributed by atoms with Crippen molar-refractivity contribution in [2.24, 2.45) is 10.9 Å². The molecule has 3 heterocycles. The minimum atomic E-state index is 0.422. The summed E-state index contributed by atoms with van der Waals surface area (Å²) in [6.45, 7) is 26.1. The Morgan fingerprint density at radius 3 is 1.49 bits per heavy atom. The van der Waals surface area contributed by atoms with E-state index in [0.29, 0.717) is 35.5 Å². The number of fused-ring (bicyclic) bond motifs is 1. The molecule has 0 unspecified atom stereocenters. The summed E-state index contributed by atoms with van der Waals surface area (Å²) in [6, 6.07) is 11.0. The molecule has 1 aliphatic heterocycles. The molecule has 0 bridgehead atoms. The second-order valence-corrected chi connectivity index (χ2v) is 12.5. The molecule has 1 aliphatic rings. The summed E-state index contributed by atoms with van der Waals surface area (Å²) in [7, 11) is 0. The lowest BCUT2D eigenvalue weighted by atomic mass is 9.97. The fourth-order valence-corrected chi connectivity index (χ4v) is 3.98. The summed E-state index contributed by atoms with van der Waals surface area (Å²) in [5.41, 5.74) is 9.05. The van der Waals surface area contributed by atoms with Crippen LogP contribution < -0.4 is 0 Å². The number of hydrogen-bond acceptors (Lipinski definition) is 4. The third-order valence-corrected chi connectivity index (χ3v) is 7.01. The van der Waals surface area contributed by atoms with Gasteiger partial charge in [-0.3, -0.25) is 9.98 Å². The maximum absolute atomic E-state index is 4.67. The molecular weight excluding hydrogens is 476 g/mol. The molecule has 0 amide bonds. The van der Waals surface area contributed by atoms with Crippen molar-refractivity contribution in [2.45, 2.75) is 119 Å². The van der Waals surface area contributed by atoms with E-state index >= 15 is 0 Å². The highest BCUT2D eigenvalue weighted by Gasteiger charge is 2.17. The van der Waals surface area contributed by atoms with Crippen LogP contribution in [0.2, 0.25) is 0 Å². The highest BCUT2D eigenvalue weighted by molar-refractivity contribution is 5.95. The number of pyridine rings is 1. The number of aliphatic imine (C=N–C) groups is 1. The summed E-state index contributed by atoms with van der Waals surface area (Å²) in [4.78, 5) is 17.6. The Kier molecular flexibility index (Phi) is 12.5. The van der Waals surface area contributed by atoms with E-state index in [2.05, 4.69) is 133 Å². The third-order valence-electron chi connectivity index (χ3n) is 7.01. The number of rotatable bonds is 6. The van der Waals surface area contributed by atoms with Crippen LogP contribution in [0.1, 0.15) is 146 Å². The van der Waals surface area contributed by atoms with Gasteiger partial charge in [-0.05, 0) is 64.0 Å². The lowest BCUT2D eigenvalue weighted by Gasteiger charge is -2.07. The Balaban J connectivity index is 0.000000207. The van der Waals surface area contributed by atoms with Crippen molar-refractivity contribution >= 4 is 11.4 Å². The fourth-order valence-electron chi connectivity index (χ4n) is 3.98. The molecule has 0 radical (unpaired) electrons. The van der Waals surface area contributed by atoms with Crippen LogP contribution in [-0.2, 0) is 6.42 Å². The average molecular weight is 529 g/mol. The predicted molar refractivity (Wildman–Crippen MR) is 169 cm³/mol. The van der Waals surface area contributed by atoms with Gasteiger partial charge in [0.1, 0.15) is 5.82 Å². The van der Waals surface area contributed by atoms with E-state index in [0.717, 1.165) is 12.2 Å². The minimum Gasteiger partial charge on any atom is -0.261 e. The van der Waals surface area contributed by atoms with Gasteiger partial charge in [-0.2, -0.15) is 0 Å². The molecule has 0 N–H and O–H groups in total. The highest BCUT2D eigenvalue weighted by atomic mass is 14.9. The van der Waals surface area contributed by atoms with E-state index in [-0.39, 0.29) is 0 Å². The van der Waals surface area contributed by atoms with Crippen LogP contribution >= 0.6 is 0 Å². The van der Waals surface area contributed by atoms with E-state index in [1.807, 2.05) is 18.6 Å². The van der Waals surface area contributed by atoms with Crippen LogP contribution in [-0.4, -0.2) is 20.7 Å². The average Bonchev–Trinajstić information content (AvgIpc) is 3.33. The molecule has 212 valence electrons. The van der Waals surface area contributed by atoms with Gasteiger partial charge in [-0.15, -0.1) is 0 Å². The normalized spacial score (nSPS) is 12.5. The van der Waals surface area contributed by atoms with Crippen molar-refractivity contribution < 1.29 is 0 Å². The van der Waals surface area contributed by atoms with Crippen LogP contribution in [0, 0.1) is 5.92 Å². The van der Waals surface area contributed by atoms with Gasteiger partial charge in [0.25, 0.3) is 0 Å². The summed E-state index contributed by atoms with van der Waals surface area (Å²) < 4.78 is 0. The SMILES string of the molecule is CC(C)C1=Nc2ccc(C(C)C)cc2C1.CC(C)c1ccc(C(C)C)nc1.CC(C)c1cnc(C(C)C)nc1. The summed E-state index contributed by atoms with van der Waals surface area (Å²) in [5.74, 6) is 4.17. The van der Waals surface area contributed by atoms with Crippen molar-refractivity contribution in [2.75, 3.05) is 0 Å². The Hall–Kier alpha value is -2.88. The zero-order valence-electron chi connectivity index (χ0n) is 26.6. The summed E-state index contributed by atoms with van der Waals surface area (Å²) in [6.07, 6.45) is 6.88. The molecule has 1 aromatic carbocycles. The number of hydrogen-bond donors (Lipinski definition) is 0. The Bertz CT molecular complexity index is 1060. The molecule has 4 heteroatoms. The van der Waals surface area contributed by atoms with Gasteiger partial charge < -0.3 is 0 Å². The van der Waals surface area contributed by atoms with Gasteiger partial charge in [0.15, 0.2) is 0 Å². The van der Waals surface area contributed by atoms with E-state index in [4.69, 9.17) is 0 Å². The molecular formula is C35H52N4. The lowest BCUT2D eigenvalue weighted by Crippen LogP contribution is -2.06. The predicted octanol–water partition coefficient (Wildman–Crippen LogP) is 10.1. The van der Waals surface area contributed by atoms with Gasteiger partial charge in [0.2, 0.25) is 0 Å². The fraction of sp³-hybridized carbons (Fsp3) is 0.543. The number of aromatic nitrogens is 3. The second kappa shape index (κ2) is 15.1. The van der Waals surface area contributed by atoms with Crippen molar-refractivity contribution in [3.8, 4) is 0 Å². The smallest absolute Gasteiger partial charge is 0.130 e. The quantitative estimate of drug-likeness (QED) is 0.320. The van der Waals surface area contributed by atoms with Gasteiger partial charge in [-0.25, -0.2) is 9.97 Å². The van der Waals surface area contributed by atoms with Crippen LogP contribution in [0.4, 0.5) is 5.69 Å². The van der Waals surface area contributed by atoms with E-state index in [1.54, 1.807) is 0 Å². The minimum absolute atomic E-state index is 0.422. The first-order chi connectivity index (χ1) is 18.3. The van der Waals surface area contributed by atoms with E-state index < -0.39 is 0 Å². The largest absolute Gasteiger partial charge is 0.261 e. The van der Waals surface area contributed by atoms with Crippen molar-refractivity contribution in [1.29, 1.82) is 0 Å². The standard InChI is InChI=1S/C14H19N.C11H17N.C10H16N2/c1-9(2)11-5-6-13-12(7-11)8-14(15-13)10(3)4;1-8(2)10-5-6-11(9(3)4)12-7-10;1-7(2)9-5-11-10(8(3)4)12-6-9/h5-7,9-10H,8H2,1-4H3;5-9H,1-4H3;5-8H,1-4H3. The highest BCUT2D eigenvalue weighted by Crippen LogP contribution is 2.31. The molecule has 0 atom stereocenters. The van der Waals surface area contributed by atoms with Gasteiger partial charge in [-0.1, -0.05) is 101 Å². The number of benzene rings is 1. The first-order valence-corrected chi connectivity index (χ1v) is 14.8. The topological polar surface area (TPSA) is 51.0 Å². The Morgan fingerprint density at radius 1 is 0.513 bits per heavy atom. The maximum atomic E-state index is 4.67. The Labute approximate surface area is 238 Å². The first kappa shape index (κ1) is 32.3. The molecule has 0 spiro atoms. The molecule has 39 heavy (non-hydrogen) atoms. The molecule has 3 aromatic rings. The van der Waals surface area contributed by atoms with E-state index in [1.165, 1.54) is 39.3 Å². The first-order valence-electron chi connectivity index (χ1n) is 14.8. The molecule has 4 nitrogen and oxygen atoms in total. The Morgan fingerprint density at radius 2 is 1.05 bits per heavy atom. The summed E-state index contributed by atoms with van der Waals surface area (Å²) >= 11 is 0. The van der Waals surface area contributed by atoms with Gasteiger partial charge in [0.05, 0.1) is 5.69 Å². The number of nitrogens with zero attached hydrogens (tertiary/aromatic N) is 4. The van der Waals surface area contributed by atoms with Crippen molar-refractivity contribution in [1.82, 2.24) is 15.0 Å².